The lowest BCUT2D eigenvalue weighted by atomic mass is 10.0. The Morgan fingerprint density at radius 2 is 1.26 bits per heavy atom. The minimum Gasteiger partial charge on any atom is -0.480 e. The van der Waals surface area contributed by atoms with Gasteiger partial charge in [0.2, 0.25) is 17.7 Å². The number of hydrogen-bond acceptors (Lipinski definition) is 6. The second-order valence-electron chi connectivity index (χ2n) is 9.92. The molecule has 0 bridgehead atoms. The highest BCUT2D eigenvalue weighted by Gasteiger charge is 2.30. The number of amides is 3. The fourth-order valence-electron chi connectivity index (χ4n) is 4.04. The van der Waals surface area contributed by atoms with Gasteiger partial charge in [-0.1, -0.05) is 74.5 Å². The third kappa shape index (κ3) is 11.5. The van der Waals surface area contributed by atoms with Crippen LogP contribution in [0.2, 0.25) is 0 Å². The van der Waals surface area contributed by atoms with Crippen molar-refractivity contribution in [3.63, 3.8) is 0 Å². The second-order valence-corrected chi connectivity index (χ2v) is 10.9. The molecule has 0 aliphatic heterocycles. The number of aliphatic carboxylic acids is 1. The van der Waals surface area contributed by atoms with E-state index in [1.54, 1.807) is 0 Å². The van der Waals surface area contributed by atoms with Crippen LogP contribution in [0, 0.1) is 5.92 Å². The number of hydrogen-bond donors (Lipinski definition) is 5. The Morgan fingerprint density at radius 3 is 1.77 bits per heavy atom. The third-order valence-corrected chi connectivity index (χ3v) is 6.76. The number of rotatable bonds is 16. The quantitative estimate of drug-likeness (QED) is 0.213. The van der Waals surface area contributed by atoms with E-state index in [0.717, 1.165) is 11.1 Å². The zero-order valence-corrected chi connectivity index (χ0v) is 23.6. The van der Waals surface area contributed by atoms with Gasteiger partial charge in [-0.3, -0.25) is 14.4 Å². The van der Waals surface area contributed by atoms with Crippen LogP contribution in [0.25, 0.3) is 0 Å². The first kappa shape index (κ1) is 31.8. The lowest BCUT2D eigenvalue weighted by Crippen LogP contribution is -2.58. The van der Waals surface area contributed by atoms with E-state index >= 15 is 0 Å². The van der Waals surface area contributed by atoms with Gasteiger partial charge in [-0.2, -0.15) is 11.8 Å². The van der Waals surface area contributed by atoms with Gasteiger partial charge in [0.25, 0.3) is 0 Å². The number of nitrogens with two attached hydrogens (primary N) is 1. The van der Waals surface area contributed by atoms with Gasteiger partial charge in [0, 0.05) is 6.42 Å². The molecule has 0 aliphatic rings. The summed E-state index contributed by atoms with van der Waals surface area (Å²) < 4.78 is 0. The minimum atomic E-state index is -1.14. The highest BCUT2D eigenvalue weighted by molar-refractivity contribution is 7.98. The largest absolute Gasteiger partial charge is 0.480 e. The normalized spacial score (nSPS) is 14.1. The molecular weight excluding hydrogens is 516 g/mol. The number of benzene rings is 2. The van der Waals surface area contributed by atoms with Gasteiger partial charge >= 0.3 is 5.97 Å². The molecule has 0 heterocycles. The number of thioether (sulfide) groups is 1. The molecule has 4 unspecified atom stereocenters. The predicted octanol–water partition coefficient (Wildman–Crippen LogP) is 2.14. The van der Waals surface area contributed by atoms with Crippen LogP contribution in [0.15, 0.2) is 60.7 Å². The molecule has 0 aliphatic carbocycles. The van der Waals surface area contributed by atoms with Crippen molar-refractivity contribution in [3.8, 4) is 0 Å². The van der Waals surface area contributed by atoms with E-state index in [9.17, 15) is 24.3 Å². The summed E-state index contributed by atoms with van der Waals surface area (Å²) in [5, 5.41) is 17.7. The van der Waals surface area contributed by atoms with Gasteiger partial charge < -0.3 is 26.8 Å². The number of nitrogens with one attached hydrogen (secondary N) is 3. The Bertz CT molecular complexity index is 1070. The van der Waals surface area contributed by atoms with E-state index in [1.165, 1.54) is 11.8 Å². The van der Waals surface area contributed by atoms with Crippen LogP contribution in [0.4, 0.5) is 0 Å². The molecule has 9 nitrogen and oxygen atoms in total. The first-order valence-electron chi connectivity index (χ1n) is 13.1. The van der Waals surface area contributed by atoms with Gasteiger partial charge in [-0.15, -0.1) is 0 Å². The standard InChI is InChI=1S/C29H40N4O5S/c1-19(2)16-25(29(37)38)33-28(36)24(18-21-12-8-5-9-13-21)32-27(35)23(14-15-39-3)31-26(34)22(30)17-20-10-6-4-7-11-20/h4-13,19,22-25H,14-18,30H2,1-3H3,(H,31,34)(H,32,35)(H,33,36)(H,37,38). The number of carbonyl (C=O) groups is 4. The summed E-state index contributed by atoms with van der Waals surface area (Å²) in [5.74, 6) is -2.10. The molecule has 2 rings (SSSR count). The Labute approximate surface area is 234 Å². The fraction of sp³-hybridized carbons (Fsp3) is 0.448. The molecule has 212 valence electrons. The summed E-state index contributed by atoms with van der Waals surface area (Å²) in [4.78, 5) is 51.3. The lowest BCUT2D eigenvalue weighted by Gasteiger charge is -2.25. The van der Waals surface area contributed by atoms with Crippen LogP contribution >= 0.6 is 11.8 Å². The van der Waals surface area contributed by atoms with Gasteiger partial charge in [0.05, 0.1) is 6.04 Å². The van der Waals surface area contributed by atoms with Crippen molar-refractivity contribution in [1.29, 1.82) is 0 Å². The van der Waals surface area contributed by atoms with Crippen LogP contribution in [-0.4, -0.2) is 65.0 Å². The third-order valence-electron chi connectivity index (χ3n) is 6.12. The van der Waals surface area contributed by atoms with Crippen LogP contribution in [0.1, 0.15) is 37.8 Å². The number of carboxylic acids is 1. The zero-order chi connectivity index (χ0) is 28.8. The maximum absolute atomic E-state index is 13.4. The Morgan fingerprint density at radius 1 is 0.769 bits per heavy atom. The van der Waals surface area contributed by atoms with Gasteiger partial charge in [-0.05, 0) is 48.3 Å². The maximum atomic E-state index is 13.4. The molecule has 0 saturated heterocycles. The molecule has 2 aromatic carbocycles. The van der Waals surface area contributed by atoms with E-state index < -0.39 is 47.9 Å². The Kier molecular flexibility index (Phi) is 13.5. The molecule has 3 amide bonds. The van der Waals surface area contributed by atoms with Crippen LogP contribution < -0.4 is 21.7 Å². The van der Waals surface area contributed by atoms with Crippen molar-refractivity contribution in [2.24, 2.45) is 11.7 Å². The number of carboxylic acid groups (broad SMARTS) is 1. The predicted molar refractivity (Wildman–Crippen MR) is 154 cm³/mol. The first-order chi connectivity index (χ1) is 18.6. The van der Waals surface area contributed by atoms with E-state index in [2.05, 4.69) is 16.0 Å². The summed E-state index contributed by atoms with van der Waals surface area (Å²) in [5.41, 5.74) is 7.83. The van der Waals surface area contributed by atoms with E-state index in [-0.39, 0.29) is 18.8 Å². The first-order valence-corrected chi connectivity index (χ1v) is 14.5. The topological polar surface area (TPSA) is 151 Å². The summed E-state index contributed by atoms with van der Waals surface area (Å²) in [6, 6.07) is 14.6. The summed E-state index contributed by atoms with van der Waals surface area (Å²) >= 11 is 1.52. The number of carbonyl (C=O) groups excluding carboxylic acids is 3. The molecule has 4 atom stereocenters. The highest BCUT2D eigenvalue weighted by atomic mass is 32.2. The highest BCUT2D eigenvalue weighted by Crippen LogP contribution is 2.10. The lowest BCUT2D eigenvalue weighted by molar-refractivity contribution is -0.142. The molecule has 0 saturated carbocycles. The van der Waals surface area contributed by atoms with Gasteiger partial charge in [0.15, 0.2) is 0 Å². The molecule has 2 aromatic rings. The van der Waals surface area contributed by atoms with Crippen molar-refractivity contribution in [1.82, 2.24) is 16.0 Å². The average molecular weight is 557 g/mol. The minimum absolute atomic E-state index is 0.0415. The second kappa shape index (κ2) is 16.6. The van der Waals surface area contributed by atoms with E-state index in [1.807, 2.05) is 80.8 Å². The van der Waals surface area contributed by atoms with Crippen molar-refractivity contribution in [2.45, 2.75) is 63.7 Å². The molecule has 0 spiro atoms. The molecule has 0 radical (unpaired) electrons. The molecule has 6 N–H and O–H groups in total. The van der Waals surface area contributed by atoms with Crippen molar-refractivity contribution < 1.29 is 24.3 Å². The van der Waals surface area contributed by atoms with Crippen LogP contribution in [0.3, 0.4) is 0 Å². The van der Waals surface area contributed by atoms with Crippen molar-refractivity contribution in [3.05, 3.63) is 71.8 Å². The molecule has 10 heteroatoms. The van der Waals surface area contributed by atoms with Crippen LogP contribution in [0.5, 0.6) is 0 Å². The van der Waals surface area contributed by atoms with Gasteiger partial charge in [0.1, 0.15) is 18.1 Å². The summed E-state index contributed by atoms with van der Waals surface area (Å²) in [6.45, 7) is 3.74. The summed E-state index contributed by atoms with van der Waals surface area (Å²) in [6.07, 6.45) is 2.95. The Hall–Kier alpha value is -3.37. The smallest absolute Gasteiger partial charge is 0.326 e. The SMILES string of the molecule is CSCCC(NC(=O)C(N)Cc1ccccc1)C(=O)NC(Cc1ccccc1)C(=O)NC(CC(C)C)C(=O)O. The van der Waals surface area contributed by atoms with Crippen molar-refractivity contribution >= 4 is 35.5 Å². The van der Waals surface area contributed by atoms with Crippen molar-refractivity contribution in [2.75, 3.05) is 12.0 Å². The molecule has 39 heavy (non-hydrogen) atoms. The average Bonchev–Trinajstić information content (AvgIpc) is 2.90. The maximum Gasteiger partial charge on any atom is 0.326 e. The monoisotopic (exact) mass is 556 g/mol. The van der Waals surface area contributed by atoms with Gasteiger partial charge in [-0.25, -0.2) is 4.79 Å². The van der Waals surface area contributed by atoms with Crippen LogP contribution in [-0.2, 0) is 32.0 Å². The molecule has 0 aromatic heterocycles. The van der Waals surface area contributed by atoms with E-state index in [4.69, 9.17) is 5.73 Å². The molecular formula is C29H40N4O5S. The fourth-order valence-corrected chi connectivity index (χ4v) is 4.51. The molecule has 0 fully saturated rings. The van der Waals surface area contributed by atoms with E-state index in [0.29, 0.717) is 18.6 Å². The Balaban J connectivity index is 2.18. The zero-order valence-electron chi connectivity index (χ0n) is 22.8. The summed E-state index contributed by atoms with van der Waals surface area (Å²) in [7, 11) is 0.